The van der Waals surface area contributed by atoms with Gasteiger partial charge in [-0.25, -0.2) is 0 Å². The molecule has 0 heterocycles. The molecule has 0 bridgehead atoms. The molecule has 0 aliphatic carbocycles. The molecule has 2 N–H and O–H groups in total. The first kappa shape index (κ1) is 20.5. The van der Waals surface area contributed by atoms with Gasteiger partial charge in [-0.2, -0.15) is 0 Å². The van der Waals surface area contributed by atoms with Gasteiger partial charge in [0.25, 0.3) is 0 Å². The molecule has 5 heteroatoms. The van der Waals surface area contributed by atoms with Crippen LogP contribution in [0.2, 0.25) is 0 Å². The van der Waals surface area contributed by atoms with E-state index in [0.717, 1.165) is 16.9 Å². The van der Waals surface area contributed by atoms with Crippen molar-refractivity contribution in [3.8, 4) is 16.9 Å². The molecule has 0 spiro atoms. The molecule has 27 heavy (non-hydrogen) atoms. The molecule has 2 aromatic carbocycles. The number of ether oxygens (including phenoxy) is 1. The van der Waals surface area contributed by atoms with Crippen molar-refractivity contribution < 1.29 is 14.3 Å². The van der Waals surface area contributed by atoms with Crippen LogP contribution in [0.1, 0.15) is 27.7 Å². The SMILES string of the molecule is CC(=O)NC(C)(C(=O)NCCOc1ccccc1-c1ccccc1)C(C)C. The topological polar surface area (TPSA) is 67.4 Å². The second-order valence-electron chi connectivity index (χ2n) is 7.00. The van der Waals surface area contributed by atoms with Crippen LogP contribution in [0, 0.1) is 5.92 Å². The molecule has 0 fully saturated rings. The third kappa shape index (κ3) is 5.33. The lowest BCUT2D eigenvalue weighted by Gasteiger charge is -2.32. The fourth-order valence-corrected chi connectivity index (χ4v) is 2.79. The molecule has 0 radical (unpaired) electrons. The molecule has 0 saturated carbocycles. The van der Waals surface area contributed by atoms with E-state index in [0.29, 0.717) is 13.2 Å². The lowest BCUT2D eigenvalue weighted by Crippen LogP contribution is -2.59. The Morgan fingerprint density at radius 1 is 1.04 bits per heavy atom. The molecular weight excluding hydrogens is 340 g/mol. The monoisotopic (exact) mass is 368 g/mol. The molecule has 0 aliphatic rings. The summed E-state index contributed by atoms with van der Waals surface area (Å²) in [6.07, 6.45) is 0. The molecule has 1 unspecified atom stereocenters. The van der Waals surface area contributed by atoms with Crippen LogP contribution in [0.15, 0.2) is 54.6 Å². The van der Waals surface area contributed by atoms with Crippen molar-refractivity contribution in [3.05, 3.63) is 54.6 Å². The molecule has 2 amide bonds. The average molecular weight is 368 g/mol. The van der Waals surface area contributed by atoms with Crippen LogP contribution >= 0.6 is 0 Å². The van der Waals surface area contributed by atoms with Crippen molar-refractivity contribution in [1.82, 2.24) is 10.6 Å². The maximum absolute atomic E-state index is 12.6. The predicted octanol–water partition coefficient (Wildman–Crippen LogP) is 3.40. The Bertz CT molecular complexity index is 774. The van der Waals surface area contributed by atoms with E-state index in [-0.39, 0.29) is 17.7 Å². The van der Waals surface area contributed by atoms with Crippen molar-refractivity contribution in [3.63, 3.8) is 0 Å². The van der Waals surface area contributed by atoms with E-state index in [1.165, 1.54) is 6.92 Å². The summed E-state index contributed by atoms with van der Waals surface area (Å²) in [4.78, 5) is 24.0. The second kappa shape index (κ2) is 9.21. The molecule has 0 aliphatic heterocycles. The van der Waals surface area contributed by atoms with Gasteiger partial charge in [0, 0.05) is 12.5 Å². The van der Waals surface area contributed by atoms with E-state index < -0.39 is 5.54 Å². The first-order chi connectivity index (χ1) is 12.8. The Balaban J connectivity index is 1.96. The number of hydrogen-bond donors (Lipinski definition) is 2. The Morgan fingerprint density at radius 3 is 2.30 bits per heavy atom. The molecule has 1 atom stereocenters. The maximum Gasteiger partial charge on any atom is 0.245 e. The van der Waals surface area contributed by atoms with Gasteiger partial charge >= 0.3 is 0 Å². The molecule has 0 aromatic heterocycles. The molecule has 0 saturated heterocycles. The number of carbonyl (C=O) groups is 2. The van der Waals surface area contributed by atoms with Crippen molar-refractivity contribution in [1.29, 1.82) is 0 Å². The van der Waals surface area contributed by atoms with Gasteiger partial charge < -0.3 is 15.4 Å². The second-order valence-corrected chi connectivity index (χ2v) is 7.00. The number of rotatable bonds is 8. The molecule has 2 aromatic rings. The lowest BCUT2D eigenvalue weighted by molar-refractivity contribution is -0.134. The van der Waals surface area contributed by atoms with Gasteiger partial charge in [0.05, 0.1) is 6.54 Å². The van der Waals surface area contributed by atoms with Gasteiger partial charge in [0.15, 0.2) is 0 Å². The van der Waals surface area contributed by atoms with Crippen LogP contribution in [0.5, 0.6) is 5.75 Å². The average Bonchev–Trinajstić information content (AvgIpc) is 2.65. The van der Waals surface area contributed by atoms with E-state index in [9.17, 15) is 9.59 Å². The highest BCUT2D eigenvalue weighted by molar-refractivity contribution is 5.90. The molecule has 144 valence electrons. The summed E-state index contributed by atoms with van der Waals surface area (Å²) in [5.41, 5.74) is 1.14. The van der Waals surface area contributed by atoms with E-state index in [4.69, 9.17) is 4.74 Å². The van der Waals surface area contributed by atoms with Crippen molar-refractivity contribution >= 4 is 11.8 Å². The largest absolute Gasteiger partial charge is 0.491 e. The Hall–Kier alpha value is -2.82. The number of amides is 2. The summed E-state index contributed by atoms with van der Waals surface area (Å²) < 4.78 is 5.89. The van der Waals surface area contributed by atoms with Gasteiger partial charge in [-0.05, 0) is 24.5 Å². The third-order valence-electron chi connectivity index (χ3n) is 4.68. The van der Waals surface area contributed by atoms with Crippen molar-refractivity contribution in [2.75, 3.05) is 13.2 Å². The van der Waals surface area contributed by atoms with Crippen LogP contribution < -0.4 is 15.4 Å². The van der Waals surface area contributed by atoms with Crippen LogP contribution in [0.25, 0.3) is 11.1 Å². The highest BCUT2D eigenvalue weighted by atomic mass is 16.5. The first-order valence-corrected chi connectivity index (χ1v) is 9.19. The highest BCUT2D eigenvalue weighted by Crippen LogP contribution is 2.29. The summed E-state index contributed by atoms with van der Waals surface area (Å²) in [5.74, 6) is 0.287. The van der Waals surface area contributed by atoms with Crippen molar-refractivity contribution in [2.24, 2.45) is 5.92 Å². The number of carbonyl (C=O) groups excluding carboxylic acids is 2. The highest BCUT2D eigenvalue weighted by Gasteiger charge is 2.37. The molecule has 5 nitrogen and oxygen atoms in total. The minimum Gasteiger partial charge on any atom is -0.491 e. The number of hydrogen-bond acceptors (Lipinski definition) is 3. The standard InChI is InChI=1S/C22H28N2O3/c1-16(2)22(4,24-17(3)25)21(26)23-14-15-27-20-13-9-8-12-19(20)18-10-6-5-7-11-18/h5-13,16H,14-15H2,1-4H3,(H,23,26)(H,24,25). The van der Waals surface area contributed by atoms with E-state index in [1.54, 1.807) is 6.92 Å². The fraction of sp³-hybridized carbons (Fsp3) is 0.364. The van der Waals surface area contributed by atoms with Crippen LogP contribution in [0.4, 0.5) is 0 Å². The summed E-state index contributed by atoms with van der Waals surface area (Å²) in [6, 6.07) is 17.8. The Labute approximate surface area is 161 Å². The van der Waals surface area contributed by atoms with Gasteiger partial charge in [0.1, 0.15) is 17.9 Å². The van der Waals surface area contributed by atoms with Gasteiger partial charge in [0.2, 0.25) is 11.8 Å². The van der Waals surface area contributed by atoms with Gasteiger partial charge in [-0.3, -0.25) is 9.59 Å². The van der Waals surface area contributed by atoms with E-state index in [1.807, 2.05) is 68.4 Å². The van der Waals surface area contributed by atoms with Crippen LogP contribution in [-0.2, 0) is 9.59 Å². The van der Waals surface area contributed by atoms with E-state index >= 15 is 0 Å². The first-order valence-electron chi connectivity index (χ1n) is 9.19. The van der Waals surface area contributed by atoms with Crippen LogP contribution in [-0.4, -0.2) is 30.5 Å². The lowest BCUT2D eigenvalue weighted by atomic mass is 9.87. The summed E-state index contributed by atoms with van der Waals surface area (Å²) in [5, 5.41) is 5.61. The maximum atomic E-state index is 12.6. The summed E-state index contributed by atoms with van der Waals surface area (Å²) in [6.45, 7) is 7.65. The third-order valence-corrected chi connectivity index (χ3v) is 4.68. The van der Waals surface area contributed by atoms with E-state index in [2.05, 4.69) is 10.6 Å². The van der Waals surface area contributed by atoms with Crippen molar-refractivity contribution in [2.45, 2.75) is 33.2 Å². The number of nitrogens with one attached hydrogen (secondary N) is 2. The minimum absolute atomic E-state index is 0.0406. The summed E-state index contributed by atoms with van der Waals surface area (Å²) >= 11 is 0. The quantitative estimate of drug-likeness (QED) is 0.702. The zero-order valence-corrected chi connectivity index (χ0v) is 16.4. The zero-order chi connectivity index (χ0) is 19.9. The zero-order valence-electron chi connectivity index (χ0n) is 16.4. The minimum atomic E-state index is -0.951. The normalized spacial score (nSPS) is 12.9. The molecule has 2 rings (SSSR count). The van der Waals surface area contributed by atoms with Crippen LogP contribution in [0.3, 0.4) is 0 Å². The van der Waals surface area contributed by atoms with Gasteiger partial charge in [-0.1, -0.05) is 62.4 Å². The number of benzene rings is 2. The Kier molecular flexibility index (Phi) is 6.99. The number of para-hydroxylation sites is 1. The smallest absolute Gasteiger partial charge is 0.245 e. The predicted molar refractivity (Wildman–Crippen MR) is 107 cm³/mol. The Morgan fingerprint density at radius 2 is 1.67 bits per heavy atom. The molecular formula is C22H28N2O3. The summed E-state index contributed by atoms with van der Waals surface area (Å²) in [7, 11) is 0. The fourth-order valence-electron chi connectivity index (χ4n) is 2.79. The van der Waals surface area contributed by atoms with Gasteiger partial charge in [-0.15, -0.1) is 0 Å².